The molecule has 1 saturated carbocycles. The van der Waals surface area contributed by atoms with Crippen LogP contribution < -0.4 is 5.32 Å². The molecule has 1 aliphatic rings. The van der Waals surface area contributed by atoms with Gasteiger partial charge in [-0.1, -0.05) is 50.0 Å². The highest BCUT2D eigenvalue weighted by molar-refractivity contribution is 6.19. The molecule has 0 bridgehead atoms. The summed E-state index contributed by atoms with van der Waals surface area (Å²) in [6, 6.07) is 11.5. The quantitative estimate of drug-likeness (QED) is 0.347. The first-order valence-corrected chi connectivity index (χ1v) is 11.6. The normalized spacial score (nSPS) is 14.2. The minimum absolute atomic E-state index is 0.0927. The fraction of sp³-hybridized carbons (Fsp3) is 0.296. The van der Waals surface area contributed by atoms with Crippen LogP contribution in [0, 0.1) is 5.82 Å². The first-order valence-electron chi connectivity index (χ1n) is 11.6. The highest BCUT2D eigenvalue weighted by Gasteiger charge is 2.28. The number of nitrogens with one attached hydrogen (secondary N) is 2. The molecule has 5 rings (SSSR count). The van der Waals surface area contributed by atoms with E-state index in [1.54, 1.807) is 36.5 Å². The van der Waals surface area contributed by atoms with Gasteiger partial charge in [0, 0.05) is 45.7 Å². The van der Waals surface area contributed by atoms with Crippen molar-refractivity contribution in [3.05, 3.63) is 76.9 Å². The van der Waals surface area contributed by atoms with Crippen LogP contribution in [0.3, 0.4) is 0 Å². The van der Waals surface area contributed by atoms with Gasteiger partial charge in [-0.05, 0) is 37.1 Å². The fourth-order valence-electron chi connectivity index (χ4n) is 4.68. The van der Waals surface area contributed by atoms with Crippen molar-refractivity contribution in [2.45, 2.75) is 51.5 Å². The summed E-state index contributed by atoms with van der Waals surface area (Å²) in [4.78, 5) is 29.5. The summed E-state index contributed by atoms with van der Waals surface area (Å²) in [6.45, 7) is 3.83. The lowest BCUT2D eigenvalue weighted by atomic mass is 9.94. The average Bonchev–Trinajstić information content (AvgIpc) is 3.57. The number of nitrogens with zero attached hydrogens (tertiary/aromatic N) is 1. The van der Waals surface area contributed by atoms with Gasteiger partial charge in [0.05, 0.1) is 5.56 Å². The summed E-state index contributed by atoms with van der Waals surface area (Å²) >= 11 is 0. The van der Waals surface area contributed by atoms with Gasteiger partial charge in [0.1, 0.15) is 11.5 Å². The van der Waals surface area contributed by atoms with Crippen LogP contribution in [-0.2, 0) is 0 Å². The Balaban J connectivity index is 1.51. The number of amides is 1. The van der Waals surface area contributed by atoms with E-state index < -0.39 is 5.82 Å². The van der Waals surface area contributed by atoms with Gasteiger partial charge in [-0.2, -0.15) is 0 Å². The molecule has 6 nitrogen and oxygen atoms in total. The Labute approximate surface area is 196 Å². The van der Waals surface area contributed by atoms with Gasteiger partial charge in [0.2, 0.25) is 5.78 Å². The Morgan fingerprint density at radius 3 is 2.68 bits per heavy atom. The highest BCUT2D eigenvalue weighted by atomic mass is 19.1. The molecule has 2 aromatic carbocycles. The smallest absolute Gasteiger partial charge is 0.251 e. The van der Waals surface area contributed by atoms with E-state index in [0.29, 0.717) is 44.6 Å². The number of carbonyl (C=O) groups excluding carboxylic acids is 2. The molecule has 4 aromatic rings. The van der Waals surface area contributed by atoms with Crippen molar-refractivity contribution >= 4 is 22.6 Å². The van der Waals surface area contributed by atoms with Gasteiger partial charge < -0.3 is 14.8 Å². The maximum Gasteiger partial charge on any atom is 0.251 e. The highest BCUT2D eigenvalue weighted by Crippen LogP contribution is 2.34. The Kier molecular flexibility index (Phi) is 5.77. The van der Waals surface area contributed by atoms with Crippen molar-refractivity contribution in [2.75, 3.05) is 0 Å². The number of ketones is 1. The molecule has 174 valence electrons. The molecular formula is C27H26FN3O3. The second-order valence-electron chi connectivity index (χ2n) is 9.18. The zero-order chi connectivity index (χ0) is 23.8. The molecule has 1 amide bonds. The summed E-state index contributed by atoms with van der Waals surface area (Å²) < 4.78 is 19.4. The average molecular weight is 460 g/mol. The molecule has 2 N–H and O–H groups in total. The maximum atomic E-state index is 13.9. The van der Waals surface area contributed by atoms with Crippen molar-refractivity contribution in [3.8, 4) is 11.3 Å². The van der Waals surface area contributed by atoms with Crippen LogP contribution in [0.1, 0.15) is 77.5 Å². The third-order valence-corrected chi connectivity index (χ3v) is 6.45. The second kappa shape index (κ2) is 8.89. The van der Waals surface area contributed by atoms with E-state index in [-0.39, 0.29) is 23.7 Å². The topological polar surface area (TPSA) is 88.0 Å². The van der Waals surface area contributed by atoms with Crippen LogP contribution >= 0.6 is 0 Å². The first kappa shape index (κ1) is 22.1. The van der Waals surface area contributed by atoms with Gasteiger partial charge in [-0.25, -0.2) is 4.39 Å². The Morgan fingerprint density at radius 1 is 1.15 bits per heavy atom. The number of carbonyl (C=O) groups is 2. The van der Waals surface area contributed by atoms with Crippen molar-refractivity contribution in [2.24, 2.45) is 0 Å². The lowest BCUT2D eigenvalue weighted by Gasteiger charge is -2.12. The number of hydrogen-bond acceptors (Lipinski definition) is 4. The Bertz CT molecular complexity index is 1380. The van der Waals surface area contributed by atoms with E-state index >= 15 is 0 Å². The zero-order valence-corrected chi connectivity index (χ0v) is 19.2. The molecule has 1 fully saturated rings. The lowest BCUT2D eigenvalue weighted by Crippen LogP contribution is -2.32. The van der Waals surface area contributed by atoms with Gasteiger partial charge in [0.15, 0.2) is 5.76 Å². The molecule has 0 aliphatic heterocycles. The monoisotopic (exact) mass is 459 g/mol. The number of H-pyrrole nitrogens is 1. The van der Waals surface area contributed by atoms with Crippen LogP contribution in [0.15, 0.2) is 53.2 Å². The van der Waals surface area contributed by atoms with Gasteiger partial charge in [0.25, 0.3) is 5.91 Å². The Morgan fingerprint density at radius 2 is 1.94 bits per heavy atom. The number of halogens is 1. The molecule has 1 aliphatic carbocycles. The van der Waals surface area contributed by atoms with E-state index in [4.69, 9.17) is 4.52 Å². The van der Waals surface area contributed by atoms with Gasteiger partial charge in [-0.3, -0.25) is 9.59 Å². The van der Waals surface area contributed by atoms with Crippen molar-refractivity contribution < 1.29 is 18.5 Å². The lowest BCUT2D eigenvalue weighted by molar-refractivity contribution is 0.0937. The third kappa shape index (κ3) is 4.02. The molecule has 0 unspecified atom stereocenters. The van der Waals surface area contributed by atoms with Crippen LogP contribution in [0.25, 0.3) is 22.2 Å². The van der Waals surface area contributed by atoms with Crippen LogP contribution in [0.5, 0.6) is 0 Å². The van der Waals surface area contributed by atoms with E-state index in [2.05, 4.69) is 15.5 Å². The Hall–Kier alpha value is -3.74. The van der Waals surface area contributed by atoms with Crippen molar-refractivity contribution in [1.29, 1.82) is 0 Å². The molecule has 7 heteroatoms. The summed E-state index contributed by atoms with van der Waals surface area (Å²) in [6.07, 6.45) is 5.95. The van der Waals surface area contributed by atoms with Crippen LogP contribution in [0.4, 0.5) is 4.39 Å². The van der Waals surface area contributed by atoms with Crippen molar-refractivity contribution in [1.82, 2.24) is 15.5 Å². The molecule has 0 spiro atoms. The minimum atomic E-state index is -0.416. The molecule has 0 atom stereocenters. The largest absolute Gasteiger partial charge is 0.360 e. The molecular weight excluding hydrogens is 433 g/mol. The SMILES string of the molecule is CC(C)c1onc(-c2cccc(F)c2)c1C(=O)c1c[nH]c2cc(C(=O)NC3CCCC3)ccc12. The summed E-state index contributed by atoms with van der Waals surface area (Å²) in [5, 5.41) is 7.91. The number of aromatic amines is 1. The van der Waals surface area contributed by atoms with E-state index in [1.165, 1.54) is 12.1 Å². The van der Waals surface area contributed by atoms with Crippen LogP contribution in [0.2, 0.25) is 0 Å². The maximum absolute atomic E-state index is 13.9. The molecule has 2 heterocycles. The number of hydrogen-bond donors (Lipinski definition) is 2. The van der Waals surface area contributed by atoms with E-state index in [9.17, 15) is 14.0 Å². The number of aromatic nitrogens is 2. The van der Waals surface area contributed by atoms with Crippen molar-refractivity contribution in [3.63, 3.8) is 0 Å². The van der Waals surface area contributed by atoms with E-state index in [0.717, 1.165) is 25.7 Å². The fourth-order valence-corrected chi connectivity index (χ4v) is 4.68. The van der Waals surface area contributed by atoms with Crippen LogP contribution in [-0.4, -0.2) is 27.9 Å². The van der Waals surface area contributed by atoms with Gasteiger partial charge in [-0.15, -0.1) is 0 Å². The zero-order valence-electron chi connectivity index (χ0n) is 19.2. The predicted octanol–water partition coefficient (Wildman–Crippen LogP) is 5.99. The molecule has 2 aromatic heterocycles. The number of fused-ring (bicyclic) bond motifs is 1. The predicted molar refractivity (Wildman–Crippen MR) is 127 cm³/mol. The summed E-state index contributed by atoms with van der Waals surface area (Å²) in [7, 11) is 0. The van der Waals surface area contributed by atoms with E-state index in [1.807, 2.05) is 13.8 Å². The number of rotatable bonds is 6. The van der Waals surface area contributed by atoms with Gasteiger partial charge >= 0.3 is 0 Å². The first-order chi connectivity index (χ1) is 16.4. The molecule has 34 heavy (non-hydrogen) atoms. The summed E-state index contributed by atoms with van der Waals surface area (Å²) in [5.74, 6) is -0.430. The standard InChI is InChI=1S/C27H26FN3O3/c1-15(2)26-23(24(31-34-26)16-6-5-7-18(28)12-16)25(32)21-14-29-22-13-17(10-11-20(21)22)27(33)30-19-8-3-4-9-19/h5-7,10-15,19,29H,3-4,8-9H2,1-2H3,(H,30,33). The number of benzene rings is 2. The molecule has 0 radical (unpaired) electrons. The second-order valence-corrected chi connectivity index (χ2v) is 9.18. The minimum Gasteiger partial charge on any atom is -0.360 e. The summed E-state index contributed by atoms with van der Waals surface area (Å²) in [5.41, 5.74) is 2.80. The third-order valence-electron chi connectivity index (χ3n) is 6.45. The molecule has 0 saturated heterocycles.